The summed E-state index contributed by atoms with van der Waals surface area (Å²) in [4.78, 5) is 16.1. The number of esters is 1. The maximum atomic E-state index is 12.2. The predicted octanol–water partition coefficient (Wildman–Crippen LogP) is 3.20. The van der Waals surface area contributed by atoms with Crippen molar-refractivity contribution < 1.29 is 27.2 Å². The van der Waals surface area contributed by atoms with Crippen molar-refractivity contribution in [3.05, 3.63) is 59.4 Å². The van der Waals surface area contributed by atoms with Crippen LogP contribution in [0, 0.1) is 0 Å². The van der Waals surface area contributed by atoms with Crippen LogP contribution < -0.4 is 9.46 Å². The first-order valence-corrected chi connectivity index (χ1v) is 11.2. The molecule has 0 saturated carbocycles. The van der Waals surface area contributed by atoms with Gasteiger partial charge < -0.3 is 14.0 Å². The van der Waals surface area contributed by atoms with E-state index in [1.807, 2.05) is 19.1 Å². The van der Waals surface area contributed by atoms with Crippen LogP contribution in [0.5, 0.6) is 5.75 Å². The molecule has 3 aromatic rings. The maximum Gasteiger partial charge on any atom is 0.307 e. The van der Waals surface area contributed by atoms with E-state index in [0.29, 0.717) is 28.8 Å². The van der Waals surface area contributed by atoms with Crippen molar-refractivity contribution in [3.63, 3.8) is 0 Å². The van der Waals surface area contributed by atoms with Gasteiger partial charge in [0.25, 0.3) is 5.89 Å². The molecule has 0 fully saturated rings. The largest absolute Gasteiger partial charge is 0.493 e. The minimum Gasteiger partial charge on any atom is -0.493 e. The molecule has 1 heterocycles. The van der Waals surface area contributed by atoms with Gasteiger partial charge in [0.15, 0.2) is 6.61 Å². The van der Waals surface area contributed by atoms with Crippen molar-refractivity contribution in [2.24, 2.45) is 0 Å². The second-order valence-electron chi connectivity index (χ2n) is 6.21. The van der Waals surface area contributed by atoms with Crippen molar-refractivity contribution in [1.29, 1.82) is 0 Å². The molecule has 0 aliphatic carbocycles. The predicted molar refractivity (Wildman–Crippen MR) is 112 cm³/mol. The molecule has 0 saturated heterocycles. The van der Waals surface area contributed by atoms with E-state index in [9.17, 15) is 13.2 Å². The number of halogens is 1. The summed E-state index contributed by atoms with van der Waals surface area (Å²) in [5.74, 6) is 0.406. The topological polar surface area (TPSA) is 121 Å². The highest BCUT2D eigenvalue weighted by Gasteiger charge is 2.17. The monoisotopic (exact) mass is 465 g/mol. The number of rotatable bonds is 10. The lowest BCUT2D eigenvalue weighted by Crippen LogP contribution is -2.26. The summed E-state index contributed by atoms with van der Waals surface area (Å²) in [6.45, 7) is 1.99. The number of carbonyl (C=O) groups is 1. The number of carbonyl (C=O) groups excluding carboxylic acids is 1. The summed E-state index contributed by atoms with van der Waals surface area (Å²) in [7, 11) is -3.78. The van der Waals surface area contributed by atoms with Crippen LogP contribution in [0.25, 0.3) is 11.4 Å². The maximum absolute atomic E-state index is 12.2. The van der Waals surface area contributed by atoms with Crippen LogP contribution in [0.15, 0.2) is 57.9 Å². The normalized spacial score (nSPS) is 11.3. The van der Waals surface area contributed by atoms with Gasteiger partial charge in [-0.2, -0.15) is 4.98 Å². The molecule has 0 bridgehead atoms. The van der Waals surface area contributed by atoms with Gasteiger partial charge >= 0.3 is 5.97 Å². The second-order valence-corrected chi connectivity index (χ2v) is 8.41. The molecule has 0 aliphatic heterocycles. The molecule has 3 rings (SSSR count). The molecule has 164 valence electrons. The number of ether oxygens (including phenoxy) is 2. The molecule has 0 aliphatic rings. The van der Waals surface area contributed by atoms with Crippen LogP contribution in [0.3, 0.4) is 0 Å². The van der Waals surface area contributed by atoms with Crippen LogP contribution in [0.4, 0.5) is 0 Å². The summed E-state index contributed by atoms with van der Waals surface area (Å²) in [6.07, 6.45) is -0.173. The van der Waals surface area contributed by atoms with Crippen LogP contribution in [-0.4, -0.2) is 37.7 Å². The van der Waals surface area contributed by atoms with Gasteiger partial charge in [-0.25, -0.2) is 13.1 Å². The van der Waals surface area contributed by atoms with Crippen molar-refractivity contribution in [3.8, 4) is 17.1 Å². The minimum atomic E-state index is -3.78. The van der Waals surface area contributed by atoms with E-state index < -0.39 is 16.0 Å². The Labute approximate surface area is 184 Å². The van der Waals surface area contributed by atoms with Gasteiger partial charge in [-0.3, -0.25) is 4.79 Å². The number of benzene rings is 2. The van der Waals surface area contributed by atoms with Crippen LogP contribution in [0.2, 0.25) is 5.02 Å². The molecule has 1 N–H and O–H groups in total. The molecular weight excluding hydrogens is 446 g/mol. The molecule has 9 nitrogen and oxygen atoms in total. The molecule has 0 unspecified atom stereocenters. The van der Waals surface area contributed by atoms with Crippen LogP contribution >= 0.6 is 11.6 Å². The Kier molecular flexibility index (Phi) is 7.61. The molecular formula is C20H20ClN3O6S. The molecule has 11 heteroatoms. The Hall–Kier alpha value is -2.95. The first-order valence-electron chi connectivity index (χ1n) is 9.34. The Balaban J connectivity index is 1.50. The molecule has 0 spiro atoms. The fourth-order valence-electron chi connectivity index (χ4n) is 2.57. The molecule has 1 aromatic heterocycles. The van der Waals surface area contributed by atoms with Gasteiger partial charge in [-0.1, -0.05) is 35.0 Å². The zero-order valence-corrected chi connectivity index (χ0v) is 18.1. The van der Waals surface area contributed by atoms with Gasteiger partial charge in [-0.05, 0) is 37.3 Å². The molecule has 31 heavy (non-hydrogen) atoms. The highest BCUT2D eigenvalue weighted by atomic mass is 35.5. The number of nitrogens with one attached hydrogen (secondary N) is 1. The summed E-state index contributed by atoms with van der Waals surface area (Å²) in [5, 5.41) is 4.18. The third-order valence-corrected chi connectivity index (χ3v) is 5.67. The molecule has 0 atom stereocenters. The van der Waals surface area contributed by atoms with Crippen molar-refractivity contribution in [1.82, 2.24) is 14.9 Å². The lowest BCUT2D eigenvalue weighted by atomic mass is 10.2. The van der Waals surface area contributed by atoms with Gasteiger partial charge in [0, 0.05) is 11.6 Å². The summed E-state index contributed by atoms with van der Waals surface area (Å²) in [6, 6.07) is 13.0. The smallest absolute Gasteiger partial charge is 0.307 e. The SMILES string of the molecule is CCOc1ccccc1-c1noc(COC(=O)CCNS(=O)(=O)c2cccc(Cl)c2)n1. The lowest BCUT2D eigenvalue weighted by Gasteiger charge is -2.07. The van der Waals surface area contributed by atoms with E-state index in [-0.39, 0.29) is 30.4 Å². The average molecular weight is 466 g/mol. The average Bonchev–Trinajstić information content (AvgIpc) is 3.22. The van der Waals surface area contributed by atoms with E-state index in [1.165, 1.54) is 18.2 Å². The zero-order valence-electron chi connectivity index (χ0n) is 16.6. The van der Waals surface area contributed by atoms with E-state index in [4.69, 9.17) is 25.6 Å². The summed E-state index contributed by atoms with van der Waals surface area (Å²) in [5.41, 5.74) is 0.654. The third-order valence-electron chi connectivity index (χ3n) is 3.98. The Bertz CT molecular complexity index is 1150. The van der Waals surface area contributed by atoms with E-state index in [2.05, 4.69) is 14.9 Å². The highest BCUT2D eigenvalue weighted by Crippen LogP contribution is 2.27. The number of para-hydroxylation sites is 1. The highest BCUT2D eigenvalue weighted by molar-refractivity contribution is 7.89. The second kappa shape index (κ2) is 10.4. The third kappa shape index (κ3) is 6.27. The minimum absolute atomic E-state index is 0.0130. The van der Waals surface area contributed by atoms with E-state index in [0.717, 1.165) is 0 Å². The number of hydrogen-bond donors (Lipinski definition) is 1. The van der Waals surface area contributed by atoms with Gasteiger partial charge in [0.2, 0.25) is 15.8 Å². The zero-order chi connectivity index (χ0) is 22.3. The number of hydrogen-bond acceptors (Lipinski definition) is 8. The summed E-state index contributed by atoms with van der Waals surface area (Å²) >= 11 is 5.81. The van der Waals surface area contributed by atoms with E-state index >= 15 is 0 Å². The molecule has 0 radical (unpaired) electrons. The number of aromatic nitrogens is 2. The van der Waals surface area contributed by atoms with E-state index in [1.54, 1.807) is 18.2 Å². The number of sulfonamides is 1. The first-order chi connectivity index (χ1) is 14.9. The fraction of sp³-hybridized carbons (Fsp3) is 0.250. The number of nitrogens with zero attached hydrogens (tertiary/aromatic N) is 2. The van der Waals surface area contributed by atoms with Crippen molar-refractivity contribution >= 4 is 27.6 Å². The first kappa shape index (κ1) is 22.7. The Morgan fingerprint density at radius 3 is 2.77 bits per heavy atom. The van der Waals surface area contributed by atoms with Gasteiger partial charge in [0.05, 0.1) is 23.5 Å². The molecule has 0 amide bonds. The summed E-state index contributed by atoms with van der Waals surface area (Å²) < 4.78 is 42.4. The Morgan fingerprint density at radius 2 is 2.00 bits per heavy atom. The van der Waals surface area contributed by atoms with Crippen molar-refractivity contribution in [2.75, 3.05) is 13.2 Å². The fourth-order valence-corrected chi connectivity index (χ4v) is 3.91. The quantitative estimate of drug-likeness (QED) is 0.453. The Morgan fingerprint density at radius 1 is 1.19 bits per heavy atom. The van der Waals surface area contributed by atoms with Crippen LogP contribution in [0.1, 0.15) is 19.2 Å². The van der Waals surface area contributed by atoms with Gasteiger partial charge in [0.1, 0.15) is 5.75 Å². The molecule has 2 aromatic carbocycles. The lowest BCUT2D eigenvalue weighted by molar-refractivity contribution is -0.145. The standard InChI is InChI=1S/C20H20ClN3O6S/c1-2-28-17-9-4-3-8-16(17)20-23-18(30-24-20)13-29-19(25)10-11-22-31(26,27)15-7-5-6-14(21)12-15/h3-9,12,22H,2,10-11,13H2,1H3. The van der Waals surface area contributed by atoms with Gasteiger partial charge in [-0.15, -0.1) is 0 Å². The van der Waals surface area contributed by atoms with Crippen molar-refractivity contribution in [2.45, 2.75) is 24.8 Å². The van der Waals surface area contributed by atoms with Crippen LogP contribution in [-0.2, 0) is 26.2 Å².